The second-order valence-electron chi connectivity index (χ2n) is 4.96. The van der Waals surface area contributed by atoms with Crippen molar-refractivity contribution < 1.29 is 18.9 Å². The Kier molecular flexibility index (Phi) is 4.16. The van der Waals surface area contributed by atoms with Crippen molar-refractivity contribution in [3.05, 3.63) is 42.2 Å². The molecule has 118 valence electrons. The van der Waals surface area contributed by atoms with Gasteiger partial charge in [-0.3, -0.25) is 14.4 Å². The van der Waals surface area contributed by atoms with Crippen molar-refractivity contribution in [3.63, 3.8) is 0 Å². The van der Waals surface area contributed by atoms with Gasteiger partial charge in [-0.1, -0.05) is 23.4 Å². The molecule has 1 aliphatic heterocycles. The number of para-hydroxylation sites is 1. The highest BCUT2D eigenvalue weighted by Gasteiger charge is 2.41. The third-order valence-corrected chi connectivity index (χ3v) is 4.24. The van der Waals surface area contributed by atoms with Gasteiger partial charge in [0.1, 0.15) is 11.0 Å². The number of hydrogen-bond donors (Lipinski definition) is 1. The van der Waals surface area contributed by atoms with Crippen LogP contribution < -0.4 is 10.2 Å². The van der Waals surface area contributed by atoms with Gasteiger partial charge in [-0.2, -0.15) is 0 Å². The lowest BCUT2D eigenvalue weighted by atomic mass is 10.2. The predicted octanol–water partition coefficient (Wildman–Crippen LogP) is 2.58. The summed E-state index contributed by atoms with van der Waals surface area (Å²) in [5.41, 5.74) is 0.505. The van der Waals surface area contributed by atoms with Crippen molar-refractivity contribution in [2.45, 2.75) is 18.6 Å². The van der Waals surface area contributed by atoms with E-state index in [1.807, 2.05) is 0 Å². The average molecular weight is 331 g/mol. The van der Waals surface area contributed by atoms with Crippen LogP contribution in [0, 0.1) is 6.92 Å². The monoisotopic (exact) mass is 331 g/mol. The molecule has 0 unspecified atom stereocenters. The van der Waals surface area contributed by atoms with Crippen LogP contribution in [0.3, 0.4) is 0 Å². The first kappa shape index (κ1) is 15.3. The molecular weight excluding hydrogens is 318 g/mol. The summed E-state index contributed by atoms with van der Waals surface area (Å²) >= 11 is 0.853. The Bertz CT molecular complexity index is 759. The van der Waals surface area contributed by atoms with Crippen LogP contribution in [0.5, 0.6) is 0 Å². The number of amides is 3. The van der Waals surface area contributed by atoms with Gasteiger partial charge in [-0.15, -0.1) is 0 Å². The van der Waals surface area contributed by atoms with Crippen molar-refractivity contribution in [1.29, 1.82) is 0 Å². The summed E-state index contributed by atoms with van der Waals surface area (Å²) in [5.74, 6) is 0.0655. The minimum Gasteiger partial charge on any atom is -0.360 e. The van der Waals surface area contributed by atoms with Crippen LogP contribution in [0.1, 0.15) is 12.2 Å². The molecule has 1 saturated heterocycles. The normalized spacial score (nSPS) is 17.6. The molecule has 0 aliphatic carbocycles. The standard InChI is InChI=1S/C15H13N3O4S/c1-9-7-12(17-22-9)16-13(19)8-11-14(20)18(15(21)23-11)10-5-3-2-4-6-10/h2-7,11H,8H2,1H3,(H,16,17,19)/t11-/m1/s1. The quantitative estimate of drug-likeness (QED) is 0.925. The number of rotatable bonds is 4. The third-order valence-electron chi connectivity index (χ3n) is 3.20. The first-order valence-corrected chi connectivity index (χ1v) is 7.75. The zero-order valence-electron chi connectivity index (χ0n) is 12.2. The number of anilines is 2. The third kappa shape index (κ3) is 3.26. The van der Waals surface area contributed by atoms with E-state index in [0.717, 1.165) is 16.7 Å². The number of nitrogens with one attached hydrogen (secondary N) is 1. The van der Waals surface area contributed by atoms with E-state index < -0.39 is 17.1 Å². The molecule has 1 fully saturated rings. The Morgan fingerprint density at radius 1 is 1.35 bits per heavy atom. The van der Waals surface area contributed by atoms with Gasteiger partial charge in [0.15, 0.2) is 5.82 Å². The lowest BCUT2D eigenvalue weighted by molar-refractivity contribution is -0.121. The maximum Gasteiger partial charge on any atom is 0.293 e. The van der Waals surface area contributed by atoms with E-state index >= 15 is 0 Å². The van der Waals surface area contributed by atoms with Gasteiger partial charge in [0.05, 0.1) is 5.69 Å². The lowest BCUT2D eigenvalue weighted by Gasteiger charge is -2.13. The van der Waals surface area contributed by atoms with Crippen LogP contribution in [-0.4, -0.2) is 27.5 Å². The Morgan fingerprint density at radius 3 is 2.74 bits per heavy atom. The fourth-order valence-corrected chi connectivity index (χ4v) is 3.17. The molecule has 3 amide bonds. The summed E-state index contributed by atoms with van der Waals surface area (Å²) in [7, 11) is 0. The average Bonchev–Trinajstić information content (AvgIpc) is 3.04. The highest BCUT2D eigenvalue weighted by Crippen LogP contribution is 2.33. The number of carbonyl (C=O) groups excluding carboxylic acids is 3. The Hall–Kier alpha value is -2.61. The minimum atomic E-state index is -0.740. The molecule has 8 heteroatoms. The van der Waals surface area contributed by atoms with Gasteiger partial charge in [0.25, 0.3) is 5.24 Å². The second kappa shape index (κ2) is 6.25. The number of thioether (sulfide) groups is 1. The first-order chi connectivity index (χ1) is 11.0. The molecule has 1 aliphatic rings. The van der Waals surface area contributed by atoms with Crippen molar-refractivity contribution in [3.8, 4) is 0 Å². The summed E-state index contributed by atoms with van der Waals surface area (Å²) in [4.78, 5) is 37.5. The Labute approximate surface area is 136 Å². The molecule has 1 aromatic carbocycles. The fraction of sp³-hybridized carbons (Fsp3) is 0.200. The number of carbonyl (C=O) groups is 3. The molecule has 2 heterocycles. The van der Waals surface area contributed by atoms with Gasteiger partial charge >= 0.3 is 0 Å². The zero-order chi connectivity index (χ0) is 16.4. The van der Waals surface area contributed by atoms with Crippen LogP contribution in [-0.2, 0) is 9.59 Å². The maximum absolute atomic E-state index is 12.4. The van der Waals surface area contributed by atoms with Crippen LogP contribution >= 0.6 is 11.8 Å². The summed E-state index contributed by atoms with van der Waals surface area (Å²) in [6.07, 6.45) is -0.107. The summed E-state index contributed by atoms with van der Waals surface area (Å²) in [5, 5.41) is 5.07. The Balaban J connectivity index is 1.66. The van der Waals surface area contributed by atoms with Crippen molar-refractivity contribution in [1.82, 2.24) is 5.16 Å². The van der Waals surface area contributed by atoms with E-state index in [-0.39, 0.29) is 17.5 Å². The van der Waals surface area contributed by atoms with E-state index in [9.17, 15) is 14.4 Å². The van der Waals surface area contributed by atoms with Crippen molar-refractivity contribution >= 4 is 40.3 Å². The van der Waals surface area contributed by atoms with Gasteiger partial charge in [0, 0.05) is 12.5 Å². The SMILES string of the molecule is Cc1cc(NC(=O)C[C@H]2SC(=O)N(c3ccccc3)C2=O)no1. The molecule has 1 atom stereocenters. The number of hydrogen-bond acceptors (Lipinski definition) is 6. The molecule has 0 radical (unpaired) electrons. The van der Waals surface area contributed by atoms with E-state index in [0.29, 0.717) is 11.4 Å². The fourth-order valence-electron chi connectivity index (χ4n) is 2.19. The summed E-state index contributed by atoms with van der Waals surface area (Å²) in [6, 6.07) is 10.2. The molecule has 3 rings (SSSR count). The van der Waals surface area contributed by atoms with Crippen LogP contribution in [0.2, 0.25) is 0 Å². The number of benzene rings is 1. The minimum absolute atomic E-state index is 0.107. The largest absolute Gasteiger partial charge is 0.360 e. The number of imide groups is 1. The molecule has 1 aromatic heterocycles. The number of aromatic nitrogens is 1. The van der Waals surface area contributed by atoms with Crippen molar-refractivity contribution in [2.24, 2.45) is 0 Å². The number of aryl methyl sites for hydroxylation is 1. The molecular formula is C15H13N3O4S. The molecule has 23 heavy (non-hydrogen) atoms. The topological polar surface area (TPSA) is 92.5 Å². The lowest BCUT2D eigenvalue weighted by Crippen LogP contribution is -2.32. The molecule has 0 saturated carbocycles. The van der Waals surface area contributed by atoms with Crippen LogP contribution in [0.25, 0.3) is 0 Å². The van der Waals surface area contributed by atoms with Gasteiger partial charge in [0.2, 0.25) is 11.8 Å². The van der Waals surface area contributed by atoms with Crippen LogP contribution in [0.4, 0.5) is 16.3 Å². The van der Waals surface area contributed by atoms with E-state index in [1.54, 1.807) is 43.3 Å². The molecule has 0 spiro atoms. The molecule has 2 aromatic rings. The first-order valence-electron chi connectivity index (χ1n) is 6.87. The second-order valence-corrected chi connectivity index (χ2v) is 6.11. The molecule has 1 N–H and O–H groups in total. The molecule has 0 bridgehead atoms. The Morgan fingerprint density at radius 2 is 2.09 bits per heavy atom. The number of nitrogens with zero attached hydrogens (tertiary/aromatic N) is 2. The van der Waals surface area contributed by atoms with Crippen LogP contribution in [0.15, 0.2) is 40.9 Å². The van der Waals surface area contributed by atoms with Gasteiger partial charge in [-0.05, 0) is 30.8 Å². The summed E-state index contributed by atoms with van der Waals surface area (Å²) in [6.45, 7) is 1.70. The van der Waals surface area contributed by atoms with Gasteiger partial charge < -0.3 is 9.84 Å². The highest BCUT2D eigenvalue weighted by molar-refractivity contribution is 8.15. The maximum atomic E-state index is 12.4. The summed E-state index contributed by atoms with van der Waals surface area (Å²) < 4.78 is 4.85. The highest BCUT2D eigenvalue weighted by atomic mass is 32.2. The van der Waals surface area contributed by atoms with E-state index in [2.05, 4.69) is 10.5 Å². The van der Waals surface area contributed by atoms with E-state index in [4.69, 9.17) is 4.52 Å². The molecule has 7 nitrogen and oxygen atoms in total. The van der Waals surface area contributed by atoms with Gasteiger partial charge in [-0.25, -0.2) is 4.90 Å². The van der Waals surface area contributed by atoms with Crippen molar-refractivity contribution in [2.75, 3.05) is 10.2 Å². The smallest absolute Gasteiger partial charge is 0.293 e. The van der Waals surface area contributed by atoms with E-state index in [1.165, 1.54) is 0 Å². The zero-order valence-corrected chi connectivity index (χ0v) is 13.0. The predicted molar refractivity (Wildman–Crippen MR) is 85.2 cm³/mol.